The van der Waals surface area contributed by atoms with Gasteiger partial charge in [-0.3, -0.25) is 4.98 Å². The number of benzene rings is 1. The number of nitrogens with one attached hydrogen (secondary N) is 1. The molecule has 0 bridgehead atoms. The average molecular weight is 254 g/mol. The SMILES string of the molecule is OC1(CNCc2cccnc2)CCc2ccccc21. The zero-order chi connectivity index (χ0) is 13.1. The van der Waals surface area contributed by atoms with Crippen LogP contribution in [0.25, 0.3) is 0 Å². The summed E-state index contributed by atoms with van der Waals surface area (Å²) in [6.45, 7) is 1.32. The zero-order valence-electron chi connectivity index (χ0n) is 10.8. The minimum atomic E-state index is -0.723. The Morgan fingerprint density at radius 1 is 1.21 bits per heavy atom. The highest BCUT2D eigenvalue weighted by molar-refractivity contribution is 5.37. The topological polar surface area (TPSA) is 45.1 Å². The fraction of sp³-hybridized carbons (Fsp3) is 0.312. The molecule has 1 atom stereocenters. The van der Waals surface area contributed by atoms with Gasteiger partial charge >= 0.3 is 0 Å². The van der Waals surface area contributed by atoms with Crippen molar-refractivity contribution in [2.75, 3.05) is 6.54 Å². The van der Waals surface area contributed by atoms with Crippen LogP contribution in [0.15, 0.2) is 48.8 Å². The number of rotatable bonds is 4. The van der Waals surface area contributed by atoms with Gasteiger partial charge < -0.3 is 10.4 Å². The summed E-state index contributed by atoms with van der Waals surface area (Å²) in [5, 5.41) is 14.1. The van der Waals surface area contributed by atoms with Gasteiger partial charge in [0.1, 0.15) is 5.60 Å². The molecule has 1 aromatic carbocycles. The number of aromatic nitrogens is 1. The number of nitrogens with zero attached hydrogens (tertiary/aromatic N) is 1. The Balaban J connectivity index is 1.65. The van der Waals surface area contributed by atoms with Crippen LogP contribution in [0, 0.1) is 0 Å². The Kier molecular flexibility index (Phi) is 3.32. The fourth-order valence-electron chi connectivity index (χ4n) is 2.77. The summed E-state index contributed by atoms with van der Waals surface area (Å²) < 4.78 is 0. The van der Waals surface area contributed by atoms with Gasteiger partial charge in [0.05, 0.1) is 0 Å². The minimum Gasteiger partial charge on any atom is -0.384 e. The predicted molar refractivity (Wildman–Crippen MR) is 74.6 cm³/mol. The largest absolute Gasteiger partial charge is 0.384 e. The summed E-state index contributed by atoms with van der Waals surface area (Å²) in [4.78, 5) is 4.09. The van der Waals surface area contributed by atoms with Crippen LogP contribution in [0.2, 0.25) is 0 Å². The summed E-state index contributed by atoms with van der Waals surface area (Å²) in [5.41, 5.74) is 2.76. The molecule has 19 heavy (non-hydrogen) atoms. The molecular weight excluding hydrogens is 236 g/mol. The molecule has 0 saturated carbocycles. The molecule has 0 spiro atoms. The van der Waals surface area contributed by atoms with Gasteiger partial charge in [0, 0.05) is 25.5 Å². The van der Waals surface area contributed by atoms with E-state index in [0.29, 0.717) is 6.54 Å². The lowest BCUT2D eigenvalue weighted by Gasteiger charge is -2.24. The van der Waals surface area contributed by atoms with E-state index in [4.69, 9.17) is 0 Å². The summed E-state index contributed by atoms with van der Waals surface area (Å²) in [6.07, 6.45) is 5.37. The van der Waals surface area contributed by atoms with E-state index in [0.717, 1.165) is 30.5 Å². The molecule has 0 saturated heterocycles. The van der Waals surface area contributed by atoms with Crippen LogP contribution in [0.1, 0.15) is 23.1 Å². The third kappa shape index (κ3) is 2.53. The first-order chi connectivity index (χ1) is 9.28. The molecule has 0 aliphatic heterocycles. The molecular formula is C16H18N2O. The smallest absolute Gasteiger partial charge is 0.103 e. The first kappa shape index (κ1) is 12.3. The Bertz CT molecular complexity index is 556. The Morgan fingerprint density at radius 3 is 2.95 bits per heavy atom. The summed E-state index contributed by atoms with van der Waals surface area (Å²) in [7, 11) is 0. The van der Waals surface area contributed by atoms with Crippen molar-refractivity contribution >= 4 is 0 Å². The first-order valence-corrected chi connectivity index (χ1v) is 6.68. The van der Waals surface area contributed by atoms with Crippen LogP contribution < -0.4 is 5.32 Å². The van der Waals surface area contributed by atoms with E-state index in [-0.39, 0.29) is 0 Å². The molecule has 0 fully saturated rings. The monoisotopic (exact) mass is 254 g/mol. The average Bonchev–Trinajstić information content (AvgIpc) is 2.79. The van der Waals surface area contributed by atoms with Crippen molar-refractivity contribution < 1.29 is 5.11 Å². The maximum atomic E-state index is 10.7. The summed E-state index contributed by atoms with van der Waals surface area (Å²) >= 11 is 0. The van der Waals surface area contributed by atoms with E-state index in [1.807, 2.05) is 36.5 Å². The molecule has 2 N–H and O–H groups in total. The van der Waals surface area contributed by atoms with Crippen LogP contribution in [0.5, 0.6) is 0 Å². The predicted octanol–water partition coefficient (Wildman–Crippen LogP) is 2.01. The number of pyridine rings is 1. The molecule has 3 rings (SSSR count). The molecule has 3 heteroatoms. The van der Waals surface area contributed by atoms with Crippen LogP contribution in [0.4, 0.5) is 0 Å². The molecule has 1 unspecified atom stereocenters. The molecule has 3 nitrogen and oxygen atoms in total. The van der Waals surface area contributed by atoms with Gasteiger partial charge in [0.2, 0.25) is 0 Å². The maximum Gasteiger partial charge on any atom is 0.103 e. The first-order valence-electron chi connectivity index (χ1n) is 6.68. The minimum absolute atomic E-state index is 0.582. The van der Waals surface area contributed by atoms with Crippen molar-refractivity contribution in [1.29, 1.82) is 0 Å². The quantitative estimate of drug-likeness (QED) is 0.877. The highest BCUT2D eigenvalue weighted by Gasteiger charge is 2.35. The third-order valence-corrected chi connectivity index (χ3v) is 3.80. The second-order valence-corrected chi connectivity index (χ2v) is 5.15. The van der Waals surface area contributed by atoms with Gasteiger partial charge in [0.25, 0.3) is 0 Å². The fourth-order valence-corrected chi connectivity index (χ4v) is 2.77. The zero-order valence-corrected chi connectivity index (χ0v) is 10.8. The van der Waals surface area contributed by atoms with E-state index in [1.54, 1.807) is 6.20 Å². The van der Waals surface area contributed by atoms with E-state index >= 15 is 0 Å². The molecule has 1 heterocycles. The lowest BCUT2D eigenvalue weighted by Crippen LogP contribution is -2.36. The molecule has 0 radical (unpaired) electrons. The van der Waals surface area contributed by atoms with Crippen molar-refractivity contribution in [2.45, 2.75) is 25.0 Å². The Morgan fingerprint density at radius 2 is 2.11 bits per heavy atom. The van der Waals surface area contributed by atoms with E-state index in [9.17, 15) is 5.11 Å². The van der Waals surface area contributed by atoms with Crippen LogP contribution in [-0.2, 0) is 18.6 Å². The molecule has 1 aliphatic rings. The lowest BCUT2D eigenvalue weighted by atomic mass is 9.96. The summed E-state index contributed by atoms with van der Waals surface area (Å²) in [5.74, 6) is 0. The van der Waals surface area contributed by atoms with E-state index < -0.39 is 5.60 Å². The van der Waals surface area contributed by atoms with Crippen LogP contribution in [0.3, 0.4) is 0 Å². The van der Waals surface area contributed by atoms with Crippen molar-refractivity contribution in [2.24, 2.45) is 0 Å². The van der Waals surface area contributed by atoms with Crippen LogP contribution in [-0.4, -0.2) is 16.6 Å². The van der Waals surface area contributed by atoms with E-state index in [1.165, 1.54) is 5.56 Å². The third-order valence-electron chi connectivity index (χ3n) is 3.80. The molecule has 1 aliphatic carbocycles. The Labute approximate surface area is 113 Å². The lowest BCUT2D eigenvalue weighted by molar-refractivity contribution is 0.0384. The number of aryl methyl sites for hydroxylation is 1. The number of hydrogen-bond donors (Lipinski definition) is 2. The molecule has 2 aromatic rings. The van der Waals surface area contributed by atoms with Gasteiger partial charge in [-0.2, -0.15) is 0 Å². The number of aliphatic hydroxyl groups is 1. The van der Waals surface area contributed by atoms with Crippen LogP contribution >= 0.6 is 0 Å². The molecule has 98 valence electrons. The van der Waals surface area contributed by atoms with Gasteiger partial charge in [-0.1, -0.05) is 30.3 Å². The summed E-state index contributed by atoms with van der Waals surface area (Å²) in [6, 6.07) is 12.1. The van der Waals surface area contributed by atoms with Gasteiger partial charge in [-0.25, -0.2) is 0 Å². The molecule has 0 amide bonds. The van der Waals surface area contributed by atoms with Crippen molar-refractivity contribution in [3.63, 3.8) is 0 Å². The van der Waals surface area contributed by atoms with Crippen molar-refractivity contribution in [1.82, 2.24) is 10.3 Å². The van der Waals surface area contributed by atoms with Crippen molar-refractivity contribution in [3.8, 4) is 0 Å². The maximum absolute atomic E-state index is 10.7. The normalized spacial score (nSPS) is 21.3. The standard InChI is InChI=1S/C16H18N2O/c19-16(8-7-14-5-1-2-6-15(14)16)12-18-11-13-4-3-9-17-10-13/h1-6,9-10,18-19H,7-8,11-12H2. The number of fused-ring (bicyclic) bond motifs is 1. The second-order valence-electron chi connectivity index (χ2n) is 5.15. The van der Waals surface area contributed by atoms with Gasteiger partial charge in [0.15, 0.2) is 0 Å². The molecule has 1 aromatic heterocycles. The van der Waals surface area contributed by atoms with Crippen molar-refractivity contribution in [3.05, 3.63) is 65.5 Å². The highest BCUT2D eigenvalue weighted by atomic mass is 16.3. The highest BCUT2D eigenvalue weighted by Crippen LogP contribution is 2.36. The second kappa shape index (κ2) is 5.11. The van der Waals surface area contributed by atoms with Gasteiger partial charge in [-0.15, -0.1) is 0 Å². The number of hydrogen-bond acceptors (Lipinski definition) is 3. The Hall–Kier alpha value is -1.71. The van der Waals surface area contributed by atoms with E-state index in [2.05, 4.69) is 16.4 Å². The van der Waals surface area contributed by atoms with Gasteiger partial charge in [-0.05, 0) is 35.6 Å².